The van der Waals surface area contributed by atoms with E-state index in [0.717, 1.165) is 24.1 Å². The first-order chi connectivity index (χ1) is 12.5. The van der Waals surface area contributed by atoms with Crippen molar-refractivity contribution in [2.75, 3.05) is 10.6 Å². The summed E-state index contributed by atoms with van der Waals surface area (Å²) in [6.45, 7) is 4.52. The number of anilines is 2. The van der Waals surface area contributed by atoms with Gasteiger partial charge in [0.15, 0.2) is 0 Å². The molecule has 0 heterocycles. The fourth-order valence-electron chi connectivity index (χ4n) is 2.45. The normalized spacial score (nSPS) is 13.5. The quantitative estimate of drug-likeness (QED) is 0.784. The molecule has 0 atom stereocenters. The van der Waals surface area contributed by atoms with E-state index in [2.05, 4.69) is 10.6 Å². The maximum absolute atomic E-state index is 12.3. The van der Waals surface area contributed by atoms with E-state index in [9.17, 15) is 9.59 Å². The molecule has 0 spiro atoms. The summed E-state index contributed by atoms with van der Waals surface area (Å²) in [6, 6.07) is 14.5. The van der Waals surface area contributed by atoms with Crippen LogP contribution in [0.5, 0.6) is 0 Å². The summed E-state index contributed by atoms with van der Waals surface area (Å²) in [4.78, 5) is 24.1. The first kappa shape index (κ1) is 18.1. The van der Waals surface area contributed by atoms with Crippen molar-refractivity contribution in [3.63, 3.8) is 0 Å². The largest absolute Gasteiger partial charge is 0.374 e. The van der Waals surface area contributed by atoms with Crippen LogP contribution in [0.2, 0.25) is 0 Å². The maximum Gasteiger partial charge on any atom is 0.255 e. The van der Waals surface area contributed by atoms with E-state index in [1.54, 1.807) is 36.4 Å². The van der Waals surface area contributed by atoms with Gasteiger partial charge in [0.05, 0.1) is 12.7 Å². The van der Waals surface area contributed by atoms with E-state index >= 15 is 0 Å². The van der Waals surface area contributed by atoms with E-state index in [-0.39, 0.29) is 23.8 Å². The zero-order chi connectivity index (χ0) is 18.5. The summed E-state index contributed by atoms with van der Waals surface area (Å²) >= 11 is 0. The number of amides is 2. The molecule has 136 valence electrons. The minimum absolute atomic E-state index is 0.0725. The highest BCUT2D eigenvalue weighted by Gasteiger charge is 2.29. The van der Waals surface area contributed by atoms with Crippen LogP contribution in [0.15, 0.2) is 48.5 Å². The molecule has 2 N–H and O–H groups in total. The highest BCUT2D eigenvalue weighted by atomic mass is 16.5. The third-order valence-corrected chi connectivity index (χ3v) is 4.16. The van der Waals surface area contributed by atoms with Gasteiger partial charge >= 0.3 is 0 Å². The van der Waals surface area contributed by atoms with Crippen LogP contribution in [0.3, 0.4) is 0 Å². The molecule has 1 aliphatic carbocycles. The first-order valence-electron chi connectivity index (χ1n) is 8.94. The minimum atomic E-state index is -0.170. The predicted octanol–water partition coefficient (Wildman–Crippen LogP) is 4.21. The number of carbonyl (C=O) groups excluding carboxylic acids is 2. The molecule has 2 aromatic rings. The number of hydrogen-bond acceptors (Lipinski definition) is 3. The van der Waals surface area contributed by atoms with Gasteiger partial charge in [-0.2, -0.15) is 0 Å². The van der Waals surface area contributed by atoms with Gasteiger partial charge in [0.25, 0.3) is 5.91 Å². The molecule has 1 fully saturated rings. The van der Waals surface area contributed by atoms with Crippen LogP contribution < -0.4 is 10.6 Å². The Morgan fingerprint density at radius 2 is 1.54 bits per heavy atom. The van der Waals surface area contributed by atoms with Gasteiger partial charge in [0.1, 0.15) is 0 Å². The molecule has 2 aromatic carbocycles. The summed E-state index contributed by atoms with van der Waals surface area (Å²) in [5.74, 6) is 0.0719. The molecule has 5 nitrogen and oxygen atoms in total. The monoisotopic (exact) mass is 352 g/mol. The van der Waals surface area contributed by atoms with Crippen molar-refractivity contribution in [2.24, 2.45) is 5.92 Å². The Bertz CT molecular complexity index is 763. The van der Waals surface area contributed by atoms with Crippen LogP contribution in [0.25, 0.3) is 0 Å². The third kappa shape index (κ3) is 5.17. The van der Waals surface area contributed by atoms with Crippen molar-refractivity contribution in [3.8, 4) is 0 Å². The second kappa shape index (κ2) is 8.15. The van der Waals surface area contributed by atoms with Gasteiger partial charge in [0, 0.05) is 22.9 Å². The molecular formula is C21H24N2O3. The van der Waals surface area contributed by atoms with Gasteiger partial charge in [-0.15, -0.1) is 0 Å². The lowest BCUT2D eigenvalue weighted by atomic mass is 10.1. The van der Waals surface area contributed by atoms with E-state index in [0.29, 0.717) is 17.9 Å². The minimum Gasteiger partial charge on any atom is -0.374 e. The van der Waals surface area contributed by atoms with Crippen LogP contribution in [0.4, 0.5) is 11.4 Å². The Morgan fingerprint density at radius 1 is 0.962 bits per heavy atom. The summed E-state index contributed by atoms with van der Waals surface area (Å²) in [7, 11) is 0. The molecule has 0 radical (unpaired) electrons. The Labute approximate surface area is 153 Å². The van der Waals surface area contributed by atoms with Crippen LogP contribution in [-0.4, -0.2) is 17.9 Å². The molecule has 0 bridgehead atoms. The number of hydrogen-bond donors (Lipinski definition) is 2. The van der Waals surface area contributed by atoms with Crippen molar-refractivity contribution in [1.29, 1.82) is 0 Å². The van der Waals surface area contributed by atoms with Crippen molar-refractivity contribution in [3.05, 3.63) is 59.7 Å². The summed E-state index contributed by atoms with van der Waals surface area (Å²) < 4.78 is 5.55. The lowest BCUT2D eigenvalue weighted by Gasteiger charge is -2.09. The van der Waals surface area contributed by atoms with Gasteiger partial charge in [-0.05, 0) is 68.7 Å². The fourth-order valence-corrected chi connectivity index (χ4v) is 2.45. The highest BCUT2D eigenvalue weighted by Crippen LogP contribution is 2.30. The second-order valence-corrected chi connectivity index (χ2v) is 6.85. The molecule has 1 saturated carbocycles. The molecule has 1 aliphatic rings. The number of benzene rings is 2. The Balaban J connectivity index is 1.54. The zero-order valence-electron chi connectivity index (χ0n) is 15.1. The standard InChI is InChI=1S/C21H24N2O3/c1-14(2)26-13-15-3-5-16(6-4-15)20(24)22-18-9-11-19(12-10-18)23-21(25)17-7-8-17/h3-6,9-12,14,17H,7-8,13H2,1-2H3,(H,22,24)(H,23,25). The molecular weight excluding hydrogens is 328 g/mol. The predicted molar refractivity (Wildman–Crippen MR) is 102 cm³/mol. The van der Waals surface area contributed by atoms with Crippen molar-refractivity contribution in [1.82, 2.24) is 0 Å². The smallest absolute Gasteiger partial charge is 0.255 e. The van der Waals surface area contributed by atoms with Crippen LogP contribution in [0.1, 0.15) is 42.6 Å². The summed E-state index contributed by atoms with van der Waals surface area (Å²) in [6.07, 6.45) is 2.13. The Morgan fingerprint density at radius 3 is 2.08 bits per heavy atom. The number of ether oxygens (including phenoxy) is 1. The van der Waals surface area contributed by atoms with Crippen LogP contribution in [-0.2, 0) is 16.1 Å². The molecule has 0 aromatic heterocycles. The van der Waals surface area contributed by atoms with Crippen LogP contribution >= 0.6 is 0 Å². The lowest BCUT2D eigenvalue weighted by Crippen LogP contribution is -2.14. The molecule has 26 heavy (non-hydrogen) atoms. The van der Waals surface area contributed by atoms with Gasteiger partial charge in [-0.25, -0.2) is 0 Å². The zero-order valence-corrected chi connectivity index (χ0v) is 15.1. The van der Waals surface area contributed by atoms with Gasteiger partial charge in [-0.3, -0.25) is 9.59 Å². The van der Waals surface area contributed by atoms with Gasteiger partial charge < -0.3 is 15.4 Å². The van der Waals surface area contributed by atoms with E-state index in [1.807, 2.05) is 26.0 Å². The van der Waals surface area contributed by atoms with Gasteiger partial charge in [-0.1, -0.05) is 12.1 Å². The summed E-state index contributed by atoms with van der Waals surface area (Å²) in [5, 5.41) is 5.74. The van der Waals surface area contributed by atoms with E-state index in [4.69, 9.17) is 4.74 Å². The maximum atomic E-state index is 12.3. The number of carbonyl (C=O) groups is 2. The highest BCUT2D eigenvalue weighted by molar-refractivity contribution is 6.04. The van der Waals surface area contributed by atoms with Crippen molar-refractivity contribution < 1.29 is 14.3 Å². The topological polar surface area (TPSA) is 67.4 Å². The number of rotatable bonds is 7. The average molecular weight is 352 g/mol. The van der Waals surface area contributed by atoms with Crippen molar-refractivity contribution in [2.45, 2.75) is 39.4 Å². The van der Waals surface area contributed by atoms with E-state index < -0.39 is 0 Å². The molecule has 0 aliphatic heterocycles. The molecule has 5 heteroatoms. The Hall–Kier alpha value is -2.66. The SMILES string of the molecule is CC(C)OCc1ccc(C(=O)Nc2ccc(NC(=O)C3CC3)cc2)cc1. The lowest BCUT2D eigenvalue weighted by molar-refractivity contribution is -0.117. The van der Waals surface area contributed by atoms with Gasteiger partial charge in [0.2, 0.25) is 5.91 Å². The fraction of sp³-hybridized carbons (Fsp3) is 0.333. The number of nitrogens with one attached hydrogen (secondary N) is 2. The molecule has 0 saturated heterocycles. The average Bonchev–Trinajstić information content (AvgIpc) is 3.47. The summed E-state index contributed by atoms with van der Waals surface area (Å²) in [5.41, 5.74) is 3.05. The second-order valence-electron chi connectivity index (χ2n) is 6.85. The Kier molecular flexibility index (Phi) is 5.68. The molecule has 3 rings (SSSR count). The molecule has 2 amide bonds. The first-order valence-corrected chi connectivity index (χ1v) is 8.94. The third-order valence-electron chi connectivity index (χ3n) is 4.16. The van der Waals surface area contributed by atoms with Crippen molar-refractivity contribution >= 4 is 23.2 Å². The molecule has 0 unspecified atom stereocenters. The van der Waals surface area contributed by atoms with Crippen LogP contribution in [0, 0.1) is 5.92 Å². The van der Waals surface area contributed by atoms with E-state index in [1.165, 1.54) is 0 Å².